The van der Waals surface area contributed by atoms with Crippen LogP contribution in [0.15, 0.2) is 30.3 Å². The van der Waals surface area contributed by atoms with Crippen molar-refractivity contribution in [2.75, 3.05) is 12.3 Å². The van der Waals surface area contributed by atoms with E-state index in [-0.39, 0.29) is 11.9 Å². The molecule has 0 atom stereocenters. The Bertz CT molecular complexity index is 650. The Balaban J connectivity index is 2.51. The molecule has 2 aromatic rings. The number of hydrogen-bond donors (Lipinski definition) is 1. The van der Waals surface area contributed by atoms with Gasteiger partial charge in [-0.3, -0.25) is 4.79 Å². The van der Waals surface area contributed by atoms with Crippen molar-refractivity contribution in [2.45, 2.75) is 33.7 Å². The van der Waals surface area contributed by atoms with Gasteiger partial charge in [0, 0.05) is 18.0 Å². The van der Waals surface area contributed by atoms with E-state index in [1.165, 1.54) is 0 Å². The molecule has 1 amide bonds. The predicted octanol–water partition coefficient (Wildman–Crippen LogP) is 3.32. The summed E-state index contributed by atoms with van der Waals surface area (Å²) in [6.45, 7) is 9.02. The number of fused-ring (bicyclic) bond motifs is 1. The first-order valence-corrected chi connectivity index (χ1v) is 7.36. The lowest BCUT2D eigenvalue weighted by Gasteiger charge is -2.29. The molecular weight excluding hydrogens is 262 g/mol. The molecule has 1 aromatic heterocycles. The number of nitrogen functional groups attached to an aromatic ring is 1. The van der Waals surface area contributed by atoms with E-state index >= 15 is 0 Å². The summed E-state index contributed by atoms with van der Waals surface area (Å²) in [5, 5.41) is 0.853. The van der Waals surface area contributed by atoms with E-state index in [0.29, 0.717) is 17.3 Å². The largest absolute Gasteiger partial charge is 0.384 e. The number of nitrogens with zero attached hydrogens (tertiary/aromatic N) is 2. The quantitative estimate of drug-likeness (QED) is 0.937. The fraction of sp³-hybridized carbons (Fsp3) is 0.412. The van der Waals surface area contributed by atoms with E-state index < -0.39 is 0 Å². The average Bonchev–Trinajstić information content (AvgIpc) is 2.42. The first-order chi connectivity index (χ1) is 9.90. The van der Waals surface area contributed by atoms with E-state index in [0.717, 1.165) is 17.4 Å². The lowest BCUT2D eigenvalue weighted by atomic mass is 10.1. The zero-order valence-electron chi connectivity index (χ0n) is 13.1. The van der Waals surface area contributed by atoms with Crippen molar-refractivity contribution in [3.8, 4) is 0 Å². The van der Waals surface area contributed by atoms with Crippen LogP contribution >= 0.6 is 0 Å². The molecule has 0 aliphatic carbocycles. The van der Waals surface area contributed by atoms with Gasteiger partial charge >= 0.3 is 0 Å². The fourth-order valence-electron chi connectivity index (χ4n) is 2.45. The van der Waals surface area contributed by atoms with Crippen LogP contribution in [0, 0.1) is 5.92 Å². The highest BCUT2D eigenvalue weighted by atomic mass is 16.2. The van der Waals surface area contributed by atoms with Crippen LogP contribution in [-0.2, 0) is 0 Å². The Morgan fingerprint density at radius 3 is 2.52 bits per heavy atom. The molecule has 0 saturated carbocycles. The SMILES string of the molecule is CC(C)CN(C(=O)c1cc(N)nc2ccccc12)C(C)C. The second-order valence-corrected chi connectivity index (χ2v) is 6.06. The lowest BCUT2D eigenvalue weighted by molar-refractivity contribution is 0.0684. The fourth-order valence-corrected chi connectivity index (χ4v) is 2.45. The third kappa shape index (κ3) is 3.32. The minimum absolute atomic E-state index is 0.0176. The minimum atomic E-state index is 0.0176. The smallest absolute Gasteiger partial charge is 0.254 e. The number of carbonyl (C=O) groups is 1. The second-order valence-electron chi connectivity index (χ2n) is 6.06. The van der Waals surface area contributed by atoms with Crippen LogP contribution in [0.4, 0.5) is 5.82 Å². The molecule has 4 nitrogen and oxygen atoms in total. The molecule has 0 radical (unpaired) electrons. The van der Waals surface area contributed by atoms with Gasteiger partial charge in [0.15, 0.2) is 0 Å². The van der Waals surface area contributed by atoms with Crippen LogP contribution in [0.25, 0.3) is 10.9 Å². The summed E-state index contributed by atoms with van der Waals surface area (Å²) in [5.74, 6) is 0.816. The molecule has 2 N–H and O–H groups in total. The number of hydrogen-bond acceptors (Lipinski definition) is 3. The summed E-state index contributed by atoms with van der Waals surface area (Å²) < 4.78 is 0. The van der Waals surface area contributed by atoms with Gasteiger partial charge in [-0.25, -0.2) is 4.98 Å². The van der Waals surface area contributed by atoms with Crippen molar-refractivity contribution in [2.24, 2.45) is 5.92 Å². The molecule has 0 fully saturated rings. The third-order valence-electron chi connectivity index (χ3n) is 3.41. The van der Waals surface area contributed by atoms with Crippen LogP contribution in [0.2, 0.25) is 0 Å². The van der Waals surface area contributed by atoms with Crippen molar-refractivity contribution in [1.82, 2.24) is 9.88 Å². The van der Waals surface area contributed by atoms with Crippen LogP contribution < -0.4 is 5.73 Å². The molecule has 1 aromatic carbocycles. The number of pyridine rings is 1. The van der Waals surface area contributed by atoms with E-state index in [1.807, 2.05) is 43.0 Å². The van der Waals surface area contributed by atoms with Gasteiger partial charge < -0.3 is 10.6 Å². The first kappa shape index (κ1) is 15.3. The molecule has 0 aliphatic rings. The summed E-state index contributed by atoms with van der Waals surface area (Å²) in [6, 6.07) is 9.44. The highest BCUT2D eigenvalue weighted by Crippen LogP contribution is 2.22. The Labute approximate surface area is 126 Å². The lowest BCUT2D eigenvalue weighted by Crippen LogP contribution is -2.39. The standard InChI is InChI=1S/C17H23N3O/c1-11(2)10-20(12(3)4)17(21)14-9-16(18)19-15-8-6-5-7-13(14)15/h5-9,11-12H,10H2,1-4H3,(H2,18,19). The van der Waals surface area contributed by atoms with Crippen LogP contribution in [0.5, 0.6) is 0 Å². The topological polar surface area (TPSA) is 59.2 Å². The highest BCUT2D eigenvalue weighted by molar-refractivity contribution is 6.07. The number of carbonyl (C=O) groups excluding carboxylic acids is 1. The molecule has 0 bridgehead atoms. The molecule has 0 aliphatic heterocycles. The summed E-state index contributed by atoms with van der Waals surface area (Å²) in [7, 11) is 0. The van der Waals surface area contributed by atoms with Crippen molar-refractivity contribution in [3.05, 3.63) is 35.9 Å². The summed E-state index contributed by atoms with van der Waals surface area (Å²) >= 11 is 0. The number of anilines is 1. The van der Waals surface area contributed by atoms with E-state index in [1.54, 1.807) is 6.07 Å². The number of para-hydroxylation sites is 1. The van der Waals surface area contributed by atoms with Gasteiger partial charge in [0.05, 0.1) is 11.1 Å². The Kier molecular flexibility index (Phi) is 4.46. The predicted molar refractivity (Wildman–Crippen MR) is 87.2 cm³/mol. The van der Waals surface area contributed by atoms with Gasteiger partial charge in [-0.15, -0.1) is 0 Å². The summed E-state index contributed by atoms with van der Waals surface area (Å²) in [6.07, 6.45) is 0. The molecular formula is C17H23N3O. The van der Waals surface area contributed by atoms with Gasteiger partial charge in [-0.1, -0.05) is 32.0 Å². The molecule has 0 saturated heterocycles. The number of nitrogens with two attached hydrogens (primary N) is 1. The number of rotatable bonds is 4. The van der Waals surface area contributed by atoms with E-state index in [9.17, 15) is 4.79 Å². The molecule has 21 heavy (non-hydrogen) atoms. The van der Waals surface area contributed by atoms with Crippen molar-refractivity contribution >= 4 is 22.6 Å². The first-order valence-electron chi connectivity index (χ1n) is 7.36. The van der Waals surface area contributed by atoms with Gasteiger partial charge in [0.2, 0.25) is 0 Å². The molecule has 0 unspecified atom stereocenters. The van der Waals surface area contributed by atoms with Crippen LogP contribution in [0.1, 0.15) is 38.1 Å². The maximum Gasteiger partial charge on any atom is 0.254 e. The number of amides is 1. The second kappa shape index (κ2) is 6.12. The zero-order chi connectivity index (χ0) is 15.6. The van der Waals surface area contributed by atoms with Crippen molar-refractivity contribution < 1.29 is 4.79 Å². The Morgan fingerprint density at radius 1 is 1.24 bits per heavy atom. The summed E-state index contributed by atoms with van der Waals surface area (Å²) in [5.41, 5.74) is 7.25. The van der Waals surface area contributed by atoms with Crippen LogP contribution in [0.3, 0.4) is 0 Å². The van der Waals surface area contributed by atoms with Crippen molar-refractivity contribution in [3.63, 3.8) is 0 Å². The maximum absolute atomic E-state index is 12.9. The normalized spacial score (nSPS) is 11.3. The van der Waals surface area contributed by atoms with E-state index in [2.05, 4.69) is 18.8 Å². The molecule has 0 spiro atoms. The monoisotopic (exact) mass is 285 g/mol. The third-order valence-corrected chi connectivity index (χ3v) is 3.41. The van der Waals surface area contributed by atoms with Crippen LogP contribution in [-0.4, -0.2) is 28.4 Å². The zero-order valence-corrected chi connectivity index (χ0v) is 13.1. The van der Waals surface area contributed by atoms with Gasteiger partial charge in [0.1, 0.15) is 5.82 Å². The molecule has 112 valence electrons. The number of benzene rings is 1. The molecule has 2 rings (SSSR count). The Morgan fingerprint density at radius 2 is 1.90 bits per heavy atom. The van der Waals surface area contributed by atoms with Gasteiger partial charge in [-0.2, -0.15) is 0 Å². The summed E-state index contributed by atoms with van der Waals surface area (Å²) in [4.78, 5) is 19.1. The Hall–Kier alpha value is -2.10. The van der Waals surface area contributed by atoms with E-state index in [4.69, 9.17) is 5.73 Å². The molecule has 4 heteroatoms. The maximum atomic E-state index is 12.9. The minimum Gasteiger partial charge on any atom is -0.384 e. The number of aromatic nitrogens is 1. The van der Waals surface area contributed by atoms with Gasteiger partial charge in [0.25, 0.3) is 5.91 Å². The molecule has 1 heterocycles. The average molecular weight is 285 g/mol. The highest BCUT2D eigenvalue weighted by Gasteiger charge is 2.22. The van der Waals surface area contributed by atoms with Gasteiger partial charge in [-0.05, 0) is 31.9 Å². The van der Waals surface area contributed by atoms with Crippen molar-refractivity contribution in [1.29, 1.82) is 0 Å².